The number of benzene rings is 1. The van der Waals surface area contributed by atoms with E-state index < -0.39 is 0 Å². The van der Waals surface area contributed by atoms with Gasteiger partial charge in [-0.05, 0) is 51.2 Å². The second-order valence-electron chi connectivity index (χ2n) is 8.69. The minimum absolute atomic E-state index is 0.0608. The van der Waals surface area contributed by atoms with E-state index in [1.54, 1.807) is 0 Å². The predicted molar refractivity (Wildman–Crippen MR) is 113 cm³/mol. The molecule has 146 valence electrons. The molecule has 0 bridgehead atoms. The molecule has 4 heterocycles. The van der Waals surface area contributed by atoms with E-state index in [0.29, 0.717) is 12.6 Å². The topological polar surface area (TPSA) is 70.6 Å². The van der Waals surface area contributed by atoms with E-state index in [4.69, 9.17) is 20.7 Å². The molecule has 6 heteroatoms. The third kappa shape index (κ3) is 2.96. The number of para-hydroxylation sites is 1. The van der Waals surface area contributed by atoms with Gasteiger partial charge < -0.3 is 15.5 Å². The molecule has 1 fully saturated rings. The maximum atomic E-state index is 6.27. The molecule has 1 atom stereocenters. The molecule has 0 aliphatic carbocycles. The van der Waals surface area contributed by atoms with Crippen LogP contribution < -0.4 is 15.5 Å². The molecule has 1 aromatic carbocycles. The van der Waals surface area contributed by atoms with Gasteiger partial charge in [0.2, 0.25) is 0 Å². The Morgan fingerprint density at radius 3 is 2.79 bits per heavy atom. The Balaban J connectivity index is 1.43. The molecule has 1 saturated heterocycles. The van der Waals surface area contributed by atoms with E-state index in [-0.39, 0.29) is 5.54 Å². The summed E-state index contributed by atoms with van der Waals surface area (Å²) in [5.41, 5.74) is 10.8. The molecule has 1 aromatic heterocycles. The Hall–Kier alpha value is -2.47. The molecule has 0 saturated carbocycles. The largest absolute Gasteiger partial charge is 0.355 e. The fraction of sp³-hybridized carbons (Fsp3) is 0.500. The molecule has 2 N–H and O–H groups in total. The van der Waals surface area contributed by atoms with Crippen molar-refractivity contribution < 1.29 is 0 Å². The lowest BCUT2D eigenvalue weighted by molar-refractivity contribution is 0.363. The van der Waals surface area contributed by atoms with Gasteiger partial charge in [-0.2, -0.15) is 0 Å². The number of aromatic nitrogens is 2. The van der Waals surface area contributed by atoms with Crippen LogP contribution in [0.1, 0.15) is 50.1 Å². The Morgan fingerprint density at radius 1 is 1.18 bits per heavy atom. The van der Waals surface area contributed by atoms with Gasteiger partial charge in [0, 0.05) is 30.4 Å². The van der Waals surface area contributed by atoms with Crippen molar-refractivity contribution in [3.8, 4) is 0 Å². The monoisotopic (exact) mass is 376 g/mol. The average Bonchev–Trinajstić information content (AvgIpc) is 3.11. The van der Waals surface area contributed by atoms with Gasteiger partial charge in [-0.25, -0.2) is 9.97 Å². The third-order valence-electron chi connectivity index (χ3n) is 6.40. The van der Waals surface area contributed by atoms with Crippen molar-refractivity contribution in [2.24, 2.45) is 10.7 Å². The van der Waals surface area contributed by atoms with Gasteiger partial charge in [-0.3, -0.25) is 4.99 Å². The van der Waals surface area contributed by atoms with E-state index in [1.165, 1.54) is 11.3 Å². The predicted octanol–water partition coefficient (Wildman–Crippen LogP) is 2.90. The summed E-state index contributed by atoms with van der Waals surface area (Å²) in [5, 5.41) is 0. The molecule has 5 rings (SSSR count). The van der Waals surface area contributed by atoms with E-state index >= 15 is 0 Å². The lowest BCUT2D eigenvalue weighted by Gasteiger charge is -2.37. The van der Waals surface area contributed by atoms with Crippen molar-refractivity contribution in [3.63, 3.8) is 0 Å². The highest BCUT2D eigenvalue weighted by molar-refractivity contribution is 6.11. The van der Waals surface area contributed by atoms with E-state index in [2.05, 4.69) is 47.9 Å². The summed E-state index contributed by atoms with van der Waals surface area (Å²) in [6.45, 7) is 6.89. The first-order chi connectivity index (χ1) is 13.5. The first-order valence-electron chi connectivity index (χ1n) is 10.3. The summed E-state index contributed by atoms with van der Waals surface area (Å²) < 4.78 is 0. The highest BCUT2D eigenvalue weighted by atomic mass is 15.3. The van der Waals surface area contributed by atoms with Gasteiger partial charge in [-0.1, -0.05) is 18.2 Å². The van der Waals surface area contributed by atoms with Crippen molar-refractivity contribution in [1.29, 1.82) is 0 Å². The maximum absolute atomic E-state index is 6.27. The van der Waals surface area contributed by atoms with Crippen molar-refractivity contribution in [3.05, 3.63) is 47.4 Å². The highest BCUT2D eigenvalue weighted by Crippen LogP contribution is 2.34. The quantitative estimate of drug-likeness (QED) is 0.829. The van der Waals surface area contributed by atoms with Gasteiger partial charge >= 0.3 is 0 Å². The minimum atomic E-state index is -0.0608. The van der Waals surface area contributed by atoms with Crippen molar-refractivity contribution in [1.82, 2.24) is 9.97 Å². The van der Waals surface area contributed by atoms with Crippen molar-refractivity contribution >= 4 is 17.3 Å². The zero-order valence-electron chi connectivity index (χ0n) is 16.7. The summed E-state index contributed by atoms with van der Waals surface area (Å²) in [4.78, 5) is 19.3. The number of aliphatic imine (C=N–C) groups is 1. The minimum Gasteiger partial charge on any atom is -0.355 e. The number of anilines is 2. The molecule has 0 spiro atoms. The first-order valence-corrected chi connectivity index (χ1v) is 10.3. The molecule has 28 heavy (non-hydrogen) atoms. The Kier molecular flexibility index (Phi) is 4.12. The van der Waals surface area contributed by atoms with Crippen LogP contribution in [0.15, 0.2) is 35.5 Å². The zero-order chi connectivity index (χ0) is 19.3. The molecule has 6 nitrogen and oxygen atoms in total. The summed E-state index contributed by atoms with van der Waals surface area (Å²) >= 11 is 0. The molecule has 2 aromatic rings. The summed E-state index contributed by atoms with van der Waals surface area (Å²) in [7, 11) is 0. The number of amidine groups is 1. The molecule has 3 aliphatic rings. The zero-order valence-corrected chi connectivity index (χ0v) is 16.7. The second-order valence-corrected chi connectivity index (χ2v) is 8.69. The van der Waals surface area contributed by atoms with Gasteiger partial charge in [0.25, 0.3) is 0 Å². The standard InChI is InChI=1S/C22H28N6/c1-15-7-8-16-5-3-4-6-18(16)28(15)21-20-17(13-25-21)26-19(14-24-20)27-11-9-22(2,23)10-12-27/h3-6,14-15H,7-13,23H2,1-2H3/t15-/m0/s1. The SMILES string of the molecule is C[C@H]1CCc2ccccc2N1C1=NCc2nc(N3CCC(C)(N)CC3)cnc21. The van der Waals surface area contributed by atoms with Crippen molar-refractivity contribution in [2.45, 2.75) is 57.7 Å². The maximum Gasteiger partial charge on any atom is 0.157 e. The van der Waals surface area contributed by atoms with Crippen LogP contribution in [0, 0.1) is 0 Å². The molecule has 0 unspecified atom stereocenters. The van der Waals surface area contributed by atoms with E-state index in [0.717, 1.165) is 61.8 Å². The molecule has 0 radical (unpaired) electrons. The summed E-state index contributed by atoms with van der Waals surface area (Å²) in [5.74, 6) is 1.93. The van der Waals surface area contributed by atoms with Crippen molar-refractivity contribution in [2.75, 3.05) is 22.9 Å². The number of rotatable bonds is 1. The first kappa shape index (κ1) is 17.6. The number of nitrogens with zero attached hydrogens (tertiary/aromatic N) is 5. The number of piperidine rings is 1. The number of nitrogens with two attached hydrogens (primary N) is 1. The third-order valence-corrected chi connectivity index (χ3v) is 6.40. The lowest BCUT2D eigenvalue weighted by Crippen LogP contribution is -2.48. The highest BCUT2D eigenvalue weighted by Gasteiger charge is 2.33. The number of fused-ring (bicyclic) bond motifs is 2. The van der Waals surface area contributed by atoms with Crippen LogP contribution in [0.3, 0.4) is 0 Å². The average molecular weight is 377 g/mol. The molecular formula is C22H28N6. The smallest absolute Gasteiger partial charge is 0.157 e. The van der Waals surface area contributed by atoms with Crippen LogP contribution in [0.2, 0.25) is 0 Å². The van der Waals surface area contributed by atoms with Crippen LogP contribution in [0.5, 0.6) is 0 Å². The molecule has 0 amide bonds. The normalized spacial score (nSPS) is 23.2. The summed E-state index contributed by atoms with van der Waals surface area (Å²) in [6.07, 6.45) is 6.13. The summed E-state index contributed by atoms with van der Waals surface area (Å²) in [6, 6.07) is 9.06. The van der Waals surface area contributed by atoms with Gasteiger partial charge in [0.1, 0.15) is 11.5 Å². The van der Waals surface area contributed by atoms with Crippen LogP contribution in [-0.4, -0.2) is 40.5 Å². The Labute approximate surface area is 166 Å². The molecule has 3 aliphatic heterocycles. The van der Waals surface area contributed by atoms with Gasteiger partial charge in [-0.15, -0.1) is 0 Å². The lowest BCUT2D eigenvalue weighted by atomic mass is 9.91. The Morgan fingerprint density at radius 2 is 1.96 bits per heavy atom. The second kappa shape index (κ2) is 6.55. The van der Waals surface area contributed by atoms with Crippen LogP contribution in [0.4, 0.5) is 11.5 Å². The van der Waals surface area contributed by atoms with Crippen LogP contribution in [0.25, 0.3) is 0 Å². The molecular weight excluding hydrogens is 348 g/mol. The Bertz CT molecular complexity index is 924. The fourth-order valence-electron chi connectivity index (χ4n) is 4.54. The fourth-order valence-corrected chi connectivity index (χ4v) is 4.54. The van der Waals surface area contributed by atoms with Crippen LogP contribution in [-0.2, 0) is 13.0 Å². The number of aryl methyl sites for hydroxylation is 1. The van der Waals surface area contributed by atoms with Crippen LogP contribution >= 0.6 is 0 Å². The van der Waals surface area contributed by atoms with Gasteiger partial charge in [0.05, 0.1) is 18.4 Å². The van der Waals surface area contributed by atoms with Gasteiger partial charge in [0.15, 0.2) is 5.84 Å². The van der Waals surface area contributed by atoms with E-state index in [1.807, 2.05) is 6.20 Å². The van der Waals surface area contributed by atoms with E-state index in [9.17, 15) is 0 Å². The number of hydrogen-bond donors (Lipinski definition) is 1. The number of hydrogen-bond acceptors (Lipinski definition) is 6.